The highest BCUT2D eigenvalue weighted by atomic mass is 31.0. The van der Waals surface area contributed by atoms with Crippen molar-refractivity contribution >= 4 is 21.0 Å². The number of rotatable bonds is 1. The van der Waals surface area contributed by atoms with Gasteiger partial charge in [-0.2, -0.15) is 0 Å². The van der Waals surface area contributed by atoms with Crippen LogP contribution in [0.15, 0.2) is 23.8 Å². The number of aliphatic hydroxyl groups excluding tert-OH is 1. The Balaban J connectivity index is 1.86. The molecule has 3 saturated carbocycles. The van der Waals surface area contributed by atoms with Gasteiger partial charge < -0.3 is 10.2 Å². The number of carbonyl (C=O) groups excluding carboxylic acids is 1. The van der Waals surface area contributed by atoms with E-state index in [9.17, 15) is 19.8 Å². The fraction of sp³-hybridized carbons (Fsp3) is 0.714. The second kappa shape index (κ2) is 5.73. The lowest BCUT2D eigenvalue weighted by Gasteiger charge is -2.63. The number of aliphatic carboxylic acids is 1. The molecule has 4 aliphatic rings. The molecule has 10 atom stereocenters. The van der Waals surface area contributed by atoms with Crippen LogP contribution in [-0.4, -0.2) is 39.4 Å². The Hall–Kier alpha value is -1.06. The topological polar surface area (TPSA) is 74.6 Å². The molecule has 27 heavy (non-hydrogen) atoms. The predicted octanol–water partition coefficient (Wildman–Crippen LogP) is 3.16. The van der Waals surface area contributed by atoms with Crippen LogP contribution in [0.2, 0.25) is 0 Å². The molecule has 0 aromatic rings. The van der Waals surface area contributed by atoms with E-state index < -0.39 is 40.4 Å². The van der Waals surface area contributed by atoms with Crippen molar-refractivity contribution in [3.05, 3.63) is 23.8 Å². The van der Waals surface area contributed by atoms with Crippen molar-refractivity contribution in [2.75, 3.05) is 0 Å². The number of aliphatic hydroxyl groups is 1. The van der Waals surface area contributed by atoms with Gasteiger partial charge in [-0.25, -0.2) is 4.39 Å². The first-order valence-electron chi connectivity index (χ1n) is 9.77. The Bertz CT molecular complexity index is 778. The zero-order valence-electron chi connectivity index (χ0n) is 16.0. The van der Waals surface area contributed by atoms with Gasteiger partial charge in [0.15, 0.2) is 11.5 Å². The molecule has 5 unspecified atom stereocenters. The Morgan fingerprint density at radius 3 is 2.59 bits per heavy atom. The second-order valence-corrected chi connectivity index (χ2v) is 10.4. The number of hydrogen-bond acceptors (Lipinski definition) is 3. The number of carboxylic acids is 1. The summed E-state index contributed by atoms with van der Waals surface area (Å²) in [6.07, 6.45) is 4.59. The van der Waals surface area contributed by atoms with Crippen LogP contribution in [0.3, 0.4) is 0 Å². The van der Waals surface area contributed by atoms with Crippen LogP contribution in [0.5, 0.6) is 0 Å². The molecule has 3 fully saturated rings. The summed E-state index contributed by atoms with van der Waals surface area (Å²) in [7, 11) is 2.74. The molecule has 0 bridgehead atoms. The maximum Gasteiger partial charge on any atom is 0.307 e. The minimum Gasteiger partial charge on any atom is -0.481 e. The van der Waals surface area contributed by atoms with Crippen molar-refractivity contribution in [2.24, 2.45) is 34.5 Å². The molecule has 0 heterocycles. The van der Waals surface area contributed by atoms with Gasteiger partial charge in [0, 0.05) is 11.3 Å². The summed E-state index contributed by atoms with van der Waals surface area (Å²) in [5, 5.41) is 20.9. The third kappa shape index (κ3) is 2.22. The highest BCUT2D eigenvalue weighted by Crippen LogP contribution is 2.70. The molecule has 4 rings (SSSR count). The van der Waals surface area contributed by atoms with Gasteiger partial charge in [0.05, 0.1) is 12.0 Å². The predicted molar refractivity (Wildman–Crippen MR) is 103 cm³/mol. The van der Waals surface area contributed by atoms with E-state index in [1.165, 1.54) is 12.2 Å². The van der Waals surface area contributed by atoms with Crippen LogP contribution in [0.1, 0.15) is 40.0 Å². The summed E-state index contributed by atoms with van der Waals surface area (Å²) in [5.41, 5.74) is -2.92. The van der Waals surface area contributed by atoms with Gasteiger partial charge in [-0.05, 0) is 66.8 Å². The Labute approximate surface area is 161 Å². The fourth-order valence-corrected chi connectivity index (χ4v) is 7.96. The maximum absolute atomic E-state index is 16.9. The Morgan fingerprint density at radius 1 is 1.30 bits per heavy atom. The van der Waals surface area contributed by atoms with Gasteiger partial charge in [0.1, 0.15) is 0 Å². The smallest absolute Gasteiger partial charge is 0.307 e. The monoisotopic (exact) mass is 394 g/mol. The maximum atomic E-state index is 16.9. The van der Waals surface area contributed by atoms with E-state index in [2.05, 4.69) is 9.24 Å². The average molecular weight is 394 g/mol. The van der Waals surface area contributed by atoms with Crippen molar-refractivity contribution in [1.82, 2.24) is 0 Å². The highest BCUT2D eigenvalue weighted by molar-refractivity contribution is 7.18. The lowest BCUT2D eigenvalue weighted by molar-refractivity contribution is -0.197. The van der Waals surface area contributed by atoms with Gasteiger partial charge in [0.25, 0.3) is 0 Å². The van der Waals surface area contributed by atoms with E-state index in [1.807, 2.05) is 13.8 Å². The first-order valence-corrected chi connectivity index (χ1v) is 10.4. The van der Waals surface area contributed by atoms with Crippen LogP contribution < -0.4 is 0 Å². The number of allylic oxidation sites excluding steroid dienone is 4. The zero-order chi connectivity index (χ0) is 19.9. The van der Waals surface area contributed by atoms with Gasteiger partial charge in [-0.1, -0.05) is 19.9 Å². The van der Waals surface area contributed by atoms with Crippen LogP contribution >= 0.6 is 9.24 Å². The van der Waals surface area contributed by atoms with Crippen LogP contribution in [0.25, 0.3) is 0 Å². The van der Waals surface area contributed by atoms with E-state index in [0.29, 0.717) is 12.8 Å². The fourth-order valence-electron chi connectivity index (χ4n) is 7.22. The number of fused-ring (bicyclic) bond motifs is 5. The van der Waals surface area contributed by atoms with Crippen molar-refractivity contribution in [1.29, 1.82) is 0 Å². The number of carbonyl (C=O) groups is 2. The lowest BCUT2D eigenvalue weighted by atomic mass is 9.45. The number of ketones is 1. The number of halogens is 1. The first-order chi connectivity index (χ1) is 12.5. The molecule has 2 N–H and O–H groups in total. The summed E-state index contributed by atoms with van der Waals surface area (Å²) < 4.78 is 16.9. The summed E-state index contributed by atoms with van der Waals surface area (Å²) >= 11 is 0. The molecular formula is C21H28FO4P. The molecule has 0 aromatic heterocycles. The highest BCUT2D eigenvalue weighted by Gasteiger charge is 2.72. The average Bonchev–Trinajstić information content (AvgIpc) is 2.82. The van der Waals surface area contributed by atoms with Crippen molar-refractivity contribution in [2.45, 2.75) is 57.5 Å². The third-order valence-electron chi connectivity index (χ3n) is 8.34. The lowest BCUT2D eigenvalue weighted by Crippen LogP contribution is -2.68. The molecule has 6 heteroatoms. The first kappa shape index (κ1) is 19.3. The quantitative estimate of drug-likeness (QED) is 0.670. The van der Waals surface area contributed by atoms with E-state index in [0.717, 1.165) is 5.57 Å². The van der Waals surface area contributed by atoms with E-state index >= 15 is 4.39 Å². The minimum absolute atomic E-state index is 0.0526. The standard InChI is InChI=1S/C21H28FO4P/c1-10-6-12-13-8-15(27)14-7-11(23)4-5-20(14,3)21(13,22)16(24)9-19(12,2)17(10)18(25)26/h4-5,7,10,12-13,15-17,24H,6,8-9,27H2,1-3H3,(H,25,26)/t10-,12?,13?,15+,16?,17-,19+,20+,21?/m1/s1. The molecule has 0 aromatic carbocycles. The number of carboxylic acid groups (broad SMARTS) is 1. The molecule has 0 aliphatic heterocycles. The van der Waals surface area contributed by atoms with E-state index in [-0.39, 0.29) is 29.7 Å². The largest absolute Gasteiger partial charge is 0.481 e. The molecule has 4 aliphatic carbocycles. The number of alkyl halides is 1. The molecule has 148 valence electrons. The van der Waals surface area contributed by atoms with Crippen molar-refractivity contribution in [3.8, 4) is 0 Å². The summed E-state index contributed by atoms with van der Waals surface area (Å²) in [6, 6.07) is 0. The molecule has 0 amide bonds. The van der Waals surface area contributed by atoms with E-state index in [4.69, 9.17) is 0 Å². The SMILES string of the molecule is C[C@@H]1CC2C3C[C@H](P)C4=CC(=O)C=C[C@]4(C)C3(F)C(O)C[C@]2(C)[C@H]1C(=O)O. The summed E-state index contributed by atoms with van der Waals surface area (Å²) in [4.78, 5) is 23.9. The normalized spacial score (nSPS) is 54.0. The van der Waals surface area contributed by atoms with E-state index in [1.54, 1.807) is 13.0 Å². The second-order valence-electron chi connectivity index (χ2n) is 9.62. The molecule has 0 spiro atoms. The van der Waals surface area contributed by atoms with Crippen molar-refractivity contribution in [3.63, 3.8) is 0 Å². The van der Waals surface area contributed by atoms with Gasteiger partial charge >= 0.3 is 5.97 Å². The Kier molecular flexibility index (Phi) is 4.09. The van der Waals surface area contributed by atoms with Crippen molar-refractivity contribution < 1.29 is 24.2 Å². The van der Waals surface area contributed by atoms with Gasteiger partial charge in [0.2, 0.25) is 0 Å². The number of hydrogen-bond donors (Lipinski definition) is 2. The minimum atomic E-state index is -1.90. The Morgan fingerprint density at radius 2 is 1.96 bits per heavy atom. The van der Waals surface area contributed by atoms with Gasteiger partial charge in [-0.3, -0.25) is 9.59 Å². The summed E-state index contributed by atoms with van der Waals surface area (Å²) in [6.45, 7) is 5.64. The van der Waals surface area contributed by atoms with Gasteiger partial charge in [-0.15, -0.1) is 9.24 Å². The van der Waals surface area contributed by atoms with Crippen LogP contribution in [-0.2, 0) is 9.59 Å². The molecule has 4 nitrogen and oxygen atoms in total. The third-order valence-corrected chi connectivity index (χ3v) is 8.97. The van der Waals surface area contributed by atoms with Crippen LogP contribution in [0.4, 0.5) is 4.39 Å². The molecule has 0 radical (unpaired) electrons. The van der Waals surface area contributed by atoms with Crippen LogP contribution in [0, 0.1) is 34.5 Å². The molecule has 0 saturated heterocycles. The zero-order valence-corrected chi connectivity index (χ0v) is 17.1. The summed E-state index contributed by atoms with van der Waals surface area (Å²) in [5.74, 6) is -2.16. The molecular weight excluding hydrogens is 366 g/mol.